The molecule has 4 aliphatic rings. The zero-order valence-electron chi connectivity index (χ0n) is 34.3. The molecule has 3 aromatic rings. The summed E-state index contributed by atoms with van der Waals surface area (Å²) in [6, 6.07) is 16.5. The Kier molecular flexibility index (Phi) is 11.4. The number of carbonyl (C=O) groups is 6. The van der Waals surface area contributed by atoms with Gasteiger partial charge < -0.3 is 18.9 Å². The number of fused-ring (bicyclic) bond motifs is 3. The van der Waals surface area contributed by atoms with Crippen LogP contribution in [0.4, 0.5) is 9.59 Å². The van der Waals surface area contributed by atoms with E-state index in [0.29, 0.717) is 24.0 Å². The molecule has 2 aliphatic heterocycles. The normalized spacial score (nSPS) is 24.0. The maximum Gasteiger partial charge on any atom is 0.411 e. The number of Topliss-reactive ketones (excluding diaryl/α,β-unsaturated/α-hetero) is 2. The quantitative estimate of drug-likeness (QED) is 0.118. The predicted molar refractivity (Wildman–Crippen MR) is 215 cm³/mol. The summed E-state index contributed by atoms with van der Waals surface area (Å²) >= 11 is 0. The Balaban J connectivity index is 0.935. The van der Waals surface area contributed by atoms with Crippen LogP contribution in [0.5, 0.6) is 0 Å². The molecule has 3 aromatic carbocycles. The second-order valence-corrected chi connectivity index (χ2v) is 18.2. The first-order chi connectivity index (χ1) is 27.5. The van der Waals surface area contributed by atoms with Crippen LogP contribution in [0.1, 0.15) is 114 Å². The third kappa shape index (κ3) is 8.90. The average molecular weight is 795 g/mol. The molecule has 0 spiro atoms. The largest absolute Gasteiger partial charge is 0.456 e. The smallest absolute Gasteiger partial charge is 0.411 e. The Morgan fingerprint density at radius 1 is 0.552 bits per heavy atom. The molecule has 2 saturated carbocycles. The predicted octanol–water partition coefficient (Wildman–Crippen LogP) is 8.31. The van der Waals surface area contributed by atoms with Crippen molar-refractivity contribution in [3.05, 3.63) is 71.8 Å². The molecule has 12 nitrogen and oxygen atoms in total. The molecule has 6 atom stereocenters. The Morgan fingerprint density at radius 3 is 1.48 bits per heavy atom. The summed E-state index contributed by atoms with van der Waals surface area (Å²) in [6.45, 7) is 9.87. The number of ketones is 2. The van der Waals surface area contributed by atoms with E-state index in [0.717, 1.165) is 60.4 Å². The van der Waals surface area contributed by atoms with Gasteiger partial charge in [0.25, 0.3) is 0 Å². The highest BCUT2D eigenvalue weighted by Crippen LogP contribution is 2.43. The first-order valence-corrected chi connectivity index (χ1v) is 20.5. The molecule has 0 radical (unpaired) electrons. The fourth-order valence-electron chi connectivity index (χ4n) is 9.23. The Labute approximate surface area is 339 Å². The van der Waals surface area contributed by atoms with Crippen molar-refractivity contribution in [3.8, 4) is 11.1 Å². The van der Waals surface area contributed by atoms with E-state index in [1.807, 2.05) is 36.4 Å². The number of esters is 2. The zero-order chi connectivity index (χ0) is 41.5. The molecule has 0 aromatic heterocycles. The topological polar surface area (TPSA) is 146 Å². The third-order valence-electron chi connectivity index (χ3n) is 11.8. The standard InChI is InChI=1S/C46H54N2O10/c1-45(2,3)57-43(53)47-35-11-7-9-32(35)23-37(47)41(51)55-25-39(49)28-15-13-27(14-16-28)29-17-18-31-22-34(20-19-30(31)21-29)40(50)26-56-42(52)38-24-33-10-8-12-36(33)48(38)44(54)58-46(4,5)6/h13-22,32-33,35-38H,7-12,23-26H2,1-6H3. The minimum Gasteiger partial charge on any atom is -0.456 e. The molecular formula is C46H54N2O10. The van der Waals surface area contributed by atoms with Crippen LogP contribution in [-0.4, -0.2) is 94.1 Å². The summed E-state index contributed by atoms with van der Waals surface area (Å²) < 4.78 is 22.3. The van der Waals surface area contributed by atoms with Crippen molar-refractivity contribution in [2.75, 3.05) is 13.2 Å². The number of hydrogen-bond donors (Lipinski definition) is 0. The molecule has 6 unspecified atom stereocenters. The molecule has 2 aliphatic carbocycles. The van der Waals surface area contributed by atoms with E-state index in [1.54, 1.807) is 65.8 Å². The number of carbonyl (C=O) groups excluding carboxylic acids is 6. The maximum atomic E-state index is 13.3. The lowest BCUT2D eigenvalue weighted by Crippen LogP contribution is -2.47. The average Bonchev–Trinajstić information content (AvgIpc) is 3.96. The van der Waals surface area contributed by atoms with Gasteiger partial charge in [-0.05, 0) is 126 Å². The first-order valence-electron chi connectivity index (χ1n) is 20.5. The van der Waals surface area contributed by atoms with Crippen molar-refractivity contribution in [1.82, 2.24) is 9.80 Å². The van der Waals surface area contributed by atoms with Crippen molar-refractivity contribution in [2.45, 2.75) is 128 Å². The molecule has 2 heterocycles. The monoisotopic (exact) mass is 794 g/mol. The van der Waals surface area contributed by atoms with Gasteiger partial charge in [-0.2, -0.15) is 0 Å². The highest BCUT2D eigenvalue weighted by atomic mass is 16.6. The van der Waals surface area contributed by atoms with Crippen LogP contribution in [0.3, 0.4) is 0 Å². The Hall–Kier alpha value is -5.26. The van der Waals surface area contributed by atoms with E-state index < -0.39 is 60.6 Å². The van der Waals surface area contributed by atoms with Gasteiger partial charge in [-0.3, -0.25) is 19.4 Å². The second-order valence-electron chi connectivity index (χ2n) is 18.2. The van der Waals surface area contributed by atoms with Gasteiger partial charge in [-0.1, -0.05) is 61.4 Å². The number of nitrogens with zero attached hydrogens (tertiary/aromatic N) is 2. The van der Waals surface area contributed by atoms with Crippen molar-refractivity contribution < 1.29 is 47.7 Å². The number of amides is 2. The number of likely N-dealkylation sites (tertiary alicyclic amines) is 2. The molecule has 0 bridgehead atoms. The fraction of sp³-hybridized carbons (Fsp3) is 0.522. The number of hydrogen-bond acceptors (Lipinski definition) is 10. The van der Waals surface area contributed by atoms with E-state index >= 15 is 0 Å². The van der Waals surface area contributed by atoms with Crippen molar-refractivity contribution in [1.29, 1.82) is 0 Å². The van der Waals surface area contributed by atoms with Crippen LogP contribution in [0.15, 0.2) is 60.7 Å². The minimum atomic E-state index is -0.780. The van der Waals surface area contributed by atoms with Gasteiger partial charge >= 0.3 is 24.1 Å². The fourth-order valence-corrected chi connectivity index (χ4v) is 9.23. The van der Waals surface area contributed by atoms with E-state index in [4.69, 9.17) is 18.9 Å². The van der Waals surface area contributed by atoms with Crippen molar-refractivity contribution >= 4 is 46.5 Å². The molecule has 2 saturated heterocycles. The van der Waals surface area contributed by atoms with E-state index in [-0.39, 0.29) is 35.5 Å². The number of rotatable bonds is 9. The van der Waals surface area contributed by atoms with E-state index in [1.165, 1.54) is 9.80 Å². The summed E-state index contributed by atoms with van der Waals surface area (Å²) in [6.07, 6.45) is 5.46. The number of ether oxygens (including phenoxy) is 4. The van der Waals surface area contributed by atoms with Gasteiger partial charge in [0.15, 0.2) is 24.8 Å². The summed E-state index contributed by atoms with van der Waals surface area (Å²) in [5, 5.41) is 1.71. The third-order valence-corrected chi connectivity index (χ3v) is 11.8. The highest BCUT2D eigenvalue weighted by molar-refractivity contribution is 6.02. The van der Waals surface area contributed by atoms with Crippen molar-refractivity contribution in [3.63, 3.8) is 0 Å². The molecule has 2 amide bonds. The second kappa shape index (κ2) is 16.2. The molecule has 0 N–H and O–H groups in total. The SMILES string of the molecule is CC(C)(C)OC(=O)N1C(C(=O)OCC(=O)c2ccc(-c3ccc4cc(C(=O)COC(=O)C5CC6CCCC6N5C(=O)OC(C)(C)C)ccc4c3)cc2)CC2CCCC21. The molecule has 58 heavy (non-hydrogen) atoms. The Morgan fingerprint density at radius 2 is 0.983 bits per heavy atom. The molecular weight excluding hydrogens is 741 g/mol. The van der Waals surface area contributed by atoms with Crippen LogP contribution >= 0.6 is 0 Å². The minimum absolute atomic E-state index is 0.0606. The van der Waals surface area contributed by atoms with Gasteiger partial charge in [0.2, 0.25) is 0 Å². The van der Waals surface area contributed by atoms with Gasteiger partial charge in [-0.15, -0.1) is 0 Å². The summed E-state index contributed by atoms with van der Waals surface area (Å²) in [4.78, 5) is 82.1. The van der Waals surface area contributed by atoms with Crippen molar-refractivity contribution in [2.24, 2.45) is 11.8 Å². The summed E-state index contributed by atoms with van der Waals surface area (Å²) in [5.41, 5.74) is 1.15. The molecule has 12 heteroatoms. The van der Waals surface area contributed by atoms with Crippen LogP contribution < -0.4 is 0 Å². The Bertz CT molecular complexity index is 2100. The molecule has 7 rings (SSSR count). The molecule has 4 fully saturated rings. The number of benzene rings is 3. The first kappa shape index (κ1) is 40.9. The lowest BCUT2D eigenvalue weighted by Gasteiger charge is -2.31. The van der Waals surface area contributed by atoms with Gasteiger partial charge in [-0.25, -0.2) is 19.2 Å². The highest BCUT2D eigenvalue weighted by Gasteiger charge is 2.52. The summed E-state index contributed by atoms with van der Waals surface area (Å²) in [7, 11) is 0. The van der Waals surface area contributed by atoms with Crippen LogP contribution in [0.25, 0.3) is 21.9 Å². The zero-order valence-corrected chi connectivity index (χ0v) is 34.3. The summed E-state index contributed by atoms with van der Waals surface area (Å²) in [5.74, 6) is -1.46. The lowest BCUT2D eigenvalue weighted by molar-refractivity contribution is -0.148. The van der Waals surface area contributed by atoms with E-state index in [2.05, 4.69) is 0 Å². The van der Waals surface area contributed by atoms with E-state index in [9.17, 15) is 28.8 Å². The van der Waals surface area contributed by atoms with Gasteiger partial charge in [0, 0.05) is 23.2 Å². The molecule has 308 valence electrons. The lowest BCUT2D eigenvalue weighted by atomic mass is 9.98. The van der Waals surface area contributed by atoms with Gasteiger partial charge in [0.05, 0.1) is 0 Å². The van der Waals surface area contributed by atoms with Crippen LogP contribution in [-0.2, 0) is 28.5 Å². The maximum absolute atomic E-state index is 13.3. The van der Waals surface area contributed by atoms with Crippen LogP contribution in [0.2, 0.25) is 0 Å². The van der Waals surface area contributed by atoms with Crippen LogP contribution in [0, 0.1) is 11.8 Å². The van der Waals surface area contributed by atoms with Gasteiger partial charge in [0.1, 0.15) is 23.3 Å².